The van der Waals surface area contributed by atoms with Gasteiger partial charge in [0.1, 0.15) is 0 Å². The van der Waals surface area contributed by atoms with E-state index in [4.69, 9.17) is 11.6 Å². The molecule has 0 saturated carbocycles. The van der Waals surface area contributed by atoms with E-state index < -0.39 is 5.91 Å². The van der Waals surface area contributed by atoms with Crippen LogP contribution >= 0.6 is 11.6 Å². The maximum atomic E-state index is 12.9. The maximum absolute atomic E-state index is 12.9. The highest BCUT2D eigenvalue weighted by atomic mass is 35.5. The van der Waals surface area contributed by atoms with E-state index in [2.05, 4.69) is 15.6 Å². The van der Waals surface area contributed by atoms with Crippen LogP contribution < -0.4 is 10.6 Å². The van der Waals surface area contributed by atoms with E-state index in [1.807, 2.05) is 32.0 Å². The van der Waals surface area contributed by atoms with Crippen molar-refractivity contribution in [2.24, 2.45) is 0 Å². The number of anilines is 1. The number of amides is 2. The normalized spacial score (nSPS) is 11.0. The number of carbonyl (C=O) groups excluding carboxylic acids is 2. The molecule has 0 unspecified atom stereocenters. The molecule has 0 aliphatic heterocycles. The molecule has 7 nitrogen and oxygen atoms in total. The van der Waals surface area contributed by atoms with Gasteiger partial charge in [-0.25, -0.2) is 4.98 Å². The second-order valence-corrected chi connectivity index (χ2v) is 7.15. The lowest BCUT2D eigenvalue weighted by Gasteiger charge is -2.09. The van der Waals surface area contributed by atoms with Crippen molar-refractivity contribution in [3.8, 4) is 0 Å². The highest BCUT2D eigenvalue weighted by Gasteiger charge is 2.21. The predicted molar refractivity (Wildman–Crippen MR) is 110 cm³/mol. The average Bonchev–Trinajstić information content (AvgIpc) is 3.04. The second kappa shape index (κ2) is 8.41. The number of benzene rings is 1. The van der Waals surface area contributed by atoms with Crippen LogP contribution in [0.15, 0.2) is 42.6 Å². The minimum absolute atomic E-state index is 0.132. The lowest BCUT2D eigenvalue weighted by Crippen LogP contribution is -2.31. The molecule has 2 aromatic heterocycles. The van der Waals surface area contributed by atoms with Crippen LogP contribution in [0.25, 0.3) is 5.52 Å². The van der Waals surface area contributed by atoms with Gasteiger partial charge in [0.15, 0.2) is 5.69 Å². The Morgan fingerprint density at radius 3 is 2.71 bits per heavy atom. The summed E-state index contributed by atoms with van der Waals surface area (Å²) in [7, 11) is 3.86. The number of halogens is 1. The summed E-state index contributed by atoms with van der Waals surface area (Å²) >= 11 is 6.03. The Morgan fingerprint density at radius 1 is 1.18 bits per heavy atom. The lowest BCUT2D eigenvalue weighted by atomic mass is 10.2. The number of nitrogens with zero attached hydrogens (tertiary/aromatic N) is 3. The average molecular weight is 400 g/mol. The molecule has 3 aromatic rings. The van der Waals surface area contributed by atoms with E-state index >= 15 is 0 Å². The van der Waals surface area contributed by atoms with Gasteiger partial charge < -0.3 is 15.5 Å². The zero-order valence-corrected chi connectivity index (χ0v) is 16.7. The molecule has 3 rings (SSSR count). The van der Waals surface area contributed by atoms with Crippen LogP contribution in [0.5, 0.6) is 0 Å². The van der Waals surface area contributed by atoms with Crippen molar-refractivity contribution >= 4 is 34.6 Å². The number of carbonyl (C=O) groups is 2. The first-order chi connectivity index (χ1) is 13.4. The lowest BCUT2D eigenvalue weighted by molar-refractivity contribution is 0.0948. The number of nitrogens with one attached hydrogen (secondary N) is 2. The van der Waals surface area contributed by atoms with Crippen molar-refractivity contribution in [1.29, 1.82) is 0 Å². The topological polar surface area (TPSA) is 78.7 Å². The Labute approximate surface area is 168 Å². The Balaban J connectivity index is 1.90. The van der Waals surface area contributed by atoms with Crippen LogP contribution in [0.3, 0.4) is 0 Å². The Morgan fingerprint density at radius 2 is 1.96 bits per heavy atom. The van der Waals surface area contributed by atoms with Crippen molar-refractivity contribution < 1.29 is 9.59 Å². The fourth-order valence-electron chi connectivity index (χ4n) is 2.75. The molecule has 2 heterocycles. The van der Waals surface area contributed by atoms with Gasteiger partial charge in [-0.2, -0.15) is 0 Å². The third-order valence-corrected chi connectivity index (χ3v) is 4.49. The van der Waals surface area contributed by atoms with Gasteiger partial charge in [-0.1, -0.05) is 23.7 Å². The van der Waals surface area contributed by atoms with Crippen LogP contribution in [-0.4, -0.2) is 53.3 Å². The molecular weight excluding hydrogens is 378 g/mol. The van der Waals surface area contributed by atoms with Crippen molar-refractivity contribution in [1.82, 2.24) is 19.6 Å². The summed E-state index contributed by atoms with van der Waals surface area (Å²) < 4.78 is 1.61. The van der Waals surface area contributed by atoms with E-state index in [1.54, 1.807) is 40.9 Å². The molecule has 8 heteroatoms. The number of rotatable bonds is 6. The third kappa shape index (κ3) is 4.32. The fraction of sp³-hybridized carbons (Fsp3) is 0.250. The van der Waals surface area contributed by atoms with Gasteiger partial charge in [-0.3, -0.25) is 14.0 Å². The zero-order valence-electron chi connectivity index (χ0n) is 16.0. The van der Waals surface area contributed by atoms with Crippen molar-refractivity contribution in [3.05, 3.63) is 64.7 Å². The van der Waals surface area contributed by atoms with E-state index in [0.717, 1.165) is 5.56 Å². The molecule has 0 saturated heterocycles. The first kappa shape index (κ1) is 19.9. The quantitative estimate of drug-likeness (QED) is 0.668. The smallest absolute Gasteiger partial charge is 0.292 e. The molecular formula is C20H22ClN5O2. The van der Waals surface area contributed by atoms with Crippen LogP contribution in [0, 0.1) is 6.92 Å². The number of aromatic nitrogens is 2. The van der Waals surface area contributed by atoms with Crippen molar-refractivity contribution in [3.63, 3.8) is 0 Å². The maximum Gasteiger partial charge on any atom is 0.292 e. The summed E-state index contributed by atoms with van der Waals surface area (Å²) in [5.74, 6) is -0.602. The van der Waals surface area contributed by atoms with Crippen LogP contribution in [-0.2, 0) is 0 Å². The Hall–Kier alpha value is -2.90. The summed E-state index contributed by atoms with van der Waals surface area (Å²) in [5, 5.41) is 6.18. The summed E-state index contributed by atoms with van der Waals surface area (Å²) in [5.41, 5.74) is 2.26. The minimum atomic E-state index is -0.418. The first-order valence-electron chi connectivity index (χ1n) is 8.84. The van der Waals surface area contributed by atoms with Gasteiger partial charge in [0.05, 0.1) is 5.52 Å². The van der Waals surface area contributed by atoms with E-state index in [-0.39, 0.29) is 17.4 Å². The van der Waals surface area contributed by atoms with Gasteiger partial charge in [-0.05, 0) is 50.8 Å². The predicted octanol–water partition coefficient (Wildman–Crippen LogP) is 2.84. The third-order valence-electron chi connectivity index (χ3n) is 4.26. The van der Waals surface area contributed by atoms with Gasteiger partial charge in [0.2, 0.25) is 5.82 Å². The zero-order chi connectivity index (χ0) is 20.3. The van der Waals surface area contributed by atoms with Gasteiger partial charge in [0, 0.05) is 30.0 Å². The summed E-state index contributed by atoms with van der Waals surface area (Å²) in [6, 6.07) is 10.6. The summed E-state index contributed by atoms with van der Waals surface area (Å²) in [4.78, 5) is 31.7. The Bertz CT molecular complexity index is 1030. The molecule has 0 bridgehead atoms. The second-order valence-electron chi connectivity index (χ2n) is 6.71. The SMILES string of the molecule is Cc1ccc(Cl)cc1NC(=O)c1nc(C(=O)NCCN(C)C)c2ccccn12. The minimum Gasteiger partial charge on any atom is -0.349 e. The largest absolute Gasteiger partial charge is 0.349 e. The summed E-state index contributed by atoms with van der Waals surface area (Å²) in [6.07, 6.45) is 1.71. The molecule has 0 fully saturated rings. The van der Waals surface area contributed by atoms with Crippen LogP contribution in [0.1, 0.15) is 26.7 Å². The number of hydrogen-bond donors (Lipinski definition) is 2. The number of fused-ring (bicyclic) bond motifs is 1. The molecule has 0 atom stereocenters. The standard InChI is InChI=1S/C20H22ClN5O2/c1-13-7-8-14(21)12-15(13)23-20(28)18-24-17(16-6-4-5-10-26(16)18)19(27)22-9-11-25(2)3/h4-8,10,12H,9,11H2,1-3H3,(H,22,27)(H,23,28). The van der Waals surface area contributed by atoms with Gasteiger partial charge >= 0.3 is 0 Å². The molecule has 146 valence electrons. The van der Waals surface area contributed by atoms with E-state index in [1.165, 1.54) is 0 Å². The molecule has 0 aliphatic carbocycles. The number of pyridine rings is 1. The van der Waals surface area contributed by atoms with Crippen LogP contribution in [0.2, 0.25) is 5.02 Å². The van der Waals surface area contributed by atoms with Gasteiger partial charge in [0.25, 0.3) is 11.8 Å². The van der Waals surface area contributed by atoms with Crippen molar-refractivity contribution in [2.45, 2.75) is 6.92 Å². The van der Waals surface area contributed by atoms with E-state index in [9.17, 15) is 9.59 Å². The number of likely N-dealkylation sites (N-methyl/N-ethyl adjacent to an activating group) is 1. The summed E-state index contributed by atoms with van der Waals surface area (Å²) in [6.45, 7) is 3.07. The number of hydrogen-bond acceptors (Lipinski definition) is 4. The molecule has 2 amide bonds. The molecule has 0 spiro atoms. The van der Waals surface area contributed by atoms with Crippen LogP contribution in [0.4, 0.5) is 5.69 Å². The number of aryl methyl sites for hydroxylation is 1. The molecule has 2 N–H and O–H groups in total. The molecule has 0 aliphatic rings. The van der Waals surface area contributed by atoms with Crippen molar-refractivity contribution in [2.75, 3.05) is 32.5 Å². The number of imidazole rings is 1. The monoisotopic (exact) mass is 399 g/mol. The molecule has 28 heavy (non-hydrogen) atoms. The van der Waals surface area contributed by atoms with Gasteiger partial charge in [-0.15, -0.1) is 0 Å². The molecule has 1 aromatic carbocycles. The highest BCUT2D eigenvalue weighted by molar-refractivity contribution is 6.31. The first-order valence-corrected chi connectivity index (χ1v) is 9.22. The fourth-order valence-corrected chi connectivity index (χ4v) is 2.92. The molecule has 0 radical (unpaired) electrons. The Kier molecular flexibility index (Phi) is 5.96. The van der Waals surface area contributed by atoms with E-state index in [0.29, 0.717) is 29.3 Å². The highest BCUT2D eigenvalue weighted by Crippen LogP contribution is 2.21.